The summed E-state index contributed by atoms with van der Waals surface area (Å²) < 4.78 is 20.9. The van der Waals surface area contributed by atoms with E-state index in [1.165, 1.54) is 38.4 Å². The monoisotopic (exact) mass is 594 g/mol. The molecule has 0 aliphatic rings. The van der Waals surface area contributed by atoms with E-state index in [1.54, 1.807) is 43.3 Å². The summed E-state index contributed by atoms with van der Waals surface area (Å²) in [7, 11) is 4.18. The molecule has 0 saturated carbocycles. The topological polar surface area (TPSA) is 149 Å². The molecule has 1 atom stereocenters. The quantitative estimate of drug-likeness (QED) is 0.271. The zero-order valence-corrected chi connectivity index (χ0v) is 25.5. The molecule has 12 nitrogen and oxygen atoms in total. The number of hydrogen-bond donors (Lipinski definition) is 2. The molecule has 0 saturated heterocycles. The predicted octanol–water partition coefficient (Wildman–Crippen LogP) is 4.58. The van der Waals surface area contributed by atoms with Crippen LogP contribution in [0.5, 0.6) is 11.5 Å². The number of methoxy groups -OCH3 is 3. The number of hydrogen-bond acceptors (Lipinski definition) is 9. The van der Waals surface area contributed by atoms with E-state index in [2.05, 4.69) is 15.8 Å². The molecule has 12 heteroatoms. The molecule has 0 aliphatic carbocycles. The van der Waals surface area contributed by atoms with Crippen molar-refractivity contribution in [2.75, 3.05) is 31.5 Å². The number of ether oxygens (including phenoxy) is 3. The van der Waals surface area contributed by atoms with Gasteiger partial charge in [-0.3, -0.25) is 19.3 Å². The molecular formula is C31H38N4O8. The number of para-hydroxylation sites is 1. The Balaban J connectivity index is 2.11. The van der Waals surface area contributed by atoms with Gasteiger partial charge in [-0.1, -0.05) is 24.2 Å². The Morgan fingerprint density at radius 2 is 1.70 bits per heavy atom. The fourth-order valence-corrected chi connectivity index (χ4v) is 4.30. The second-order valence-electron chi connectivity index (χ2n) is 10.4. The third-order valence-corrected chi connectivity index (χ3v) is 6.88. The highest BCUT2D eigenvalue weighted by molar-refractivity contribution is 6.04. The van der Waals surface area contributed by atoms with Crippen molar-refractivity contribution >= 4 is 35.2 Å². The van der Waals surface area contributed by atoms with E-state index in [4.69, 9.17) is 18.7 Å². The van der Waals surface area contributed by atoms with E-state index in [-0.39, 0.29) is 30.0 Å². The van der Waals surface area contributed by atoms with Gasteiger partial charge in [0, 0.05) is 35.7 Å². The van der Waals surface area contributed by atoms with Gasteiger partial charge < -0.3 is 29.4 Å². The maximum absolute atomic E-state index is 14.1. The number of rotatable bonds is 13. The number of nitrogens with one attached hydrogen (secondary N) is 2. The third kappa shape index (κ3) is 8.12. The largest absolute Gasteiger partial charge is 0.493 e. The van der Waals surface area contributed by atoms with Gasteiger partial charge in [-0.2, -0.15) is 0 Å². The van der Waals surface area contributed by atoms with Crippen LogP contribution in [0.15, 0.2) is 53.1 Å². The zero-order chi connectivity index (χ0) is 31.7. The van der Waals surface area contributed by atoms with Crippen molar-refractivity contribution in [1.29, 1.82) is 0 Å². The molecular weight excluding hydrogens is 556 g/mol. The lowest BCUT2D eigenvalue weighted by atomic mass is 9.97. The van der Waals surface area contributed by atoms with Crippen LogP contribution in [0.25, 0.3) is 0 Å². The first-order chi connectivity index (χ1) is 20.4. The molecule has 1 aromatic heterocycles. The first kappa shape index (κ1) is 32.6. The van der Waals surface area contributed by atoms with Gasteiger partial charge in [0.25, 0.3) is 0 Å². The van der Waals surface area contributed by atoms with Gasteiger partial charge in [0.1, 0.15) is 11.8 Å². The molecule has 230 valence electrons. The Morgan fingerprint density at radius 3 is 2.26 bits per heavy atom. The summed E-state index contributed by atoms with van der Waals surface area (Å²) in [6.45, 7) is 7.37. The molecule has 0 radical (unpaired) electrons. The summed E-state index contributed by atoms with van der Waals surface area (Å²) in [5, 5.41) is 9.38. The Bertz CT molecular complexity index is 1450. The van der Waals surface area contributed by atoms with Crippen molar-refractivity contribution < 1.29 is 37.9 Å². The summed E-state index contributed by atoms with van der Waals surface area (Å²) in [4.78, 5) is 54.3. The standard InChI is InChI=1S/C31H38N4O8/c1-8-31(3,4)33-29(38)27(22-10-9-11-23(40-5)28(22)41-6)35(21-14-12-20(13-15-21)30(39)42-7)26(37)17-16-25(36)32-24-18-19(2)43-34-24/h9-15,18,27H,8,16-17H2,1-7H3,(H,33,38)(H,32,34,36). The summed E-state index contributed by atoms with van der Waals surface area (Å²) in [5.41, 5.74) is 0.317. The molecule has 3 rings (SSSR count). The van der Waals surface area contributed by atoms with Gasteiger partial charge in [-0.05, 0) is 57.5 Å². The normalized spacial score (nSPS) is 11.7. The van der Waals surface area contributed by atoms with Gasteiger partial charge in [0.15, 0.2) is 17.3 Å². The minimum absolute atomic E-state index is 0.203. The third-order valence-electron chi connectivity index (χ3n) is 6.88. The van der Waals surface area contributed by atoms with Crippen molar-refractivity contribution in [3.63, 3.8) is 0 Å². The molecule has 2 aromatic carbocycles. The second-order valence-corrected chi connectivity index (χ2v) is 10.4. The Kier molecular flexibility index (Phi) is 10.9. The first-order valence-corrected chi connectivity index (χ1v) is 13.7. The Labute approximate surface area is 250 Å². The van der Waals surface area contributed by atoms with E-state index in [1.807, 2.05) is 20.8 Å². The Hall–Kier alpha value is -4.87. The van der Waals surface area contributed by atoms with E-state index >= 15 is 0 Å². The van der Waals surface area contributed by atoms with Crippen LogP contribution >= 0.6 is 0 Å². The molecule has 43 heavy (non-hydrogen) atoms. The molecule has 3 aromatic rings. The molecule has 1 unspecified atom stereocenters. The molecule has 0 spiro atoms. The van der Waals surface area contributed by atoms with E-state index in [9.17, 15) is 19.2 Å². The van der Waals surface area contributed by atoms with Crippen molar-refractivity contribution in [1.82, 2.24) is 10.5 Å². The van der Waals surface area contributed by atoms with Crippen LogP contribution in [-0.4, -0.2) is 55.7 Å². The second kappa shape index (κ2) is 14.3. The van der Waals surface area contributed by atoms with Crippen LogP contribution in [-0.2, 0) is 19.1 Å². The lowest BCUT2D eigenvalue weighted by Crippen LogP contribution is -2.50. The van der Waals surface area contributed by atoms with E-state index in [0.29, 0.717) is 29.2 Å². The van der Waals surface area contributed by atoms with Crippen LogP contribution in [0.2, 0.25) is 0 Å². The minimum atomic E-state index is -1.24. The fraction of sp³-hybridized carbons (Fsp3) is 0.387. The number of carbonyl (C=O) groups excluding carboxylic acids is 4. The molecule has 0 aliphatic heterocycles. The lowest BCUT2D eigenvalue weighted by Gasteiger charge is -2.35. The molecule has 1 heterocycles. The molecule has 0 fully saturated rings. The summed E-state index contributed by atoms with van der Waals surface area (Å²) >= 11 is 0. The highest BCUT2D eigenvalue weighted by atomic mass is 16.5. The SMILES string of the molecule is CCC(C)(C)NC(=O)C(c1cccc(OC)c1OC)N(C(=O)CCC(=O)Nc1cc(C)on1)c1ccc(C(=O)OC)cc1. The Morgan fingerprint density at radius 1 is 1.00 bits per heavy atom. The van der Waals surface area contributed by atoms with Gasteiger partial charge in [-0.25, -0.2) is 4.79 Å². The number of aryl methyl sites for hydroxylation is 1. The van der Waals surface area contributed by atoms with Crippen LogP contribution in [0, 0.1) is 6.92 Å². The lowest BCUT2D eigenvalue weighted by molar-refractivity contribution is -0.128. The zero-order valence-electron chi connectivity index (χ0n) is 25.5. The van der Waals surface area contributed by atoms with Gasteiger partial charge in [0.05, 0.1) is 26.9 Å². The number of amides is 3. The van der Waals surface area contributed by atoms with Crippen LogP contribution in [0.4, 0.5) is 11.5 Å². The molecule has 0 bridgehead atoms. The van der Waals surface area contributed by atoms with Crippen molar-refractivity contribution in [2.45, 2.75) is 58.5 Å². The summed E-state index contributed by atoms with van der Waals surface area (Å²) in [6, 6.07) is 11.4. The van der Waals surface area contributed by atoms with Crippen molar-refractivity contribution in [2.24, 2.45) is 0 Å². The van der Waals surface area contributed by atoms with Gasteiger partial charge >= 0.3 is 5.97 Å². The smallest absolute Gasteiger partial charge is 0.337 e. The number of aromatic nitrogens is 1. The predicted molar refractivity (Wildman–Crippen MR) is 159 cm³/mol. The summed E-state index contributed by atoms with van der Waals surface area (Å²) in [6.07, 6.45) is 0.157. The number of nitrogens with zero attached hydrogens (tertiary/aromatic N) is 2. The van der Waals surface area contributed by atoms with Gasteiger partial charge in [-0.15, -0.1) is 0 Å². The molecule has 3 amide bonds. The summed E-state index contributed by atoms with van der Waals surface area (Å²) in [5.74, 6) is -0.657. The van der Waals surface area contributed by atoms with Gasteiger partial charge in [0.2, 0.25) is 17.7 Å². The van der Waals surface area contributed by atoms with E-state index in [0.717, 1.165) is 0 Å². The fourth-order valence-electron chi connectivity index (χ4n) is 4.30. The number of carbonyl (C=O) groups is 4. The average Bonchev–Trinajstić information content (AvgIpc) is 3.41. The average molecular weight is 595 g/mol. The number of anilines is 2. The van der Waals surface area contributed by atoms with Crippen LogP contribution in [0.1, 0.15) is 67.8 Å². The van der Waals surface area contributed by atoms with Crippen LogP contribution < -0.4 is 25.0 Å². The number of benzene rings is 2. The van der Waals surface area contributed by atoms with Crippen molar-refractivity contribution in [3.05, 3.63) is 65.4 Å². The maximum Gasteiger partial charge on any atom is 0.337 e. The maximum atomic E-state index is 14.1. The van der Waals surface area contributed by atoms with E-state index < -0.39 is 35.3 Å². The molecule has 2 N–H and O–H groups in total. The highest BCUT2D eigenvalue weighted by Crippen LogP contribution is 2.39. The number of esters is 1. The van der Waals surface area contributed by atoms with Crippen LogP contribution in [0.3, 0.4) is 0 Å². The first-order valence-electron chi connectivity index (χ1n) is 13.7. The highest BCUT2D eigenvalue weighted by Gasteiger charge is 2.37. The van der Waals surface area contributed by atoms with Crippen molar-refractivity contribution in [3.8, 4) is 11.5 Å². The minimum Gasteiger partial charge on any atom is -0.493 e.